The van der Waals surface area contributed by atoms with Crippen LogP contribution in [0.15, 0.2) is 18.2 Å². The van der Waals surface area contributed by atoms with Gasteiger partial charge in [0.25, 0.3) is 5.91 Å². The smallest absolute Gasteiger partial charge is 0.251 e. The monoisotopic (exact) mass is 259 g/mol. The van der Waals surface area contributed by atoms with Crippen LogP contribution in [0.4, 0.5) is 0 Å². The number of fused-ring (bicyclic) bond motifs is 1. The van der Waals surface area contributed by atoms with Gasteiger partial charge >= 0.3 is 0 Å². The van der Waals surface area contributed by atoms with E-state index in [0.29, 0.717) is 11.5 Å². The second kappa shape index (κ2) is 5.87. The molecular formula is C15H21N3O. The lowest BCUT2D eigenvalue weighted by atomic mass is 10.1. The van der Waals surface area contributed by atoms with E-state index in [1.165, 1.54) is 0 Å². The zero-order valence-corrected chi connectivity index (χ0v) is 11.8. The van der Waals surface area contributed by atoms with Crippen molar-refractivity contribution in [1.82, 2.24) is 15.3 Å². The molecule has 2 N–H and O–H groups in total. The van der Waals surface area contributed by atoms with Crippen LogP contribution in [0.3, 0.4) is 0 Å². The number of H-pyrrole nitrogens is 1. The van der Waals surface area contributed by atoms with Gasteiger partial charge in [-0.3, -0.25) is 4.79 Å². The normalized spacial score (nSPS) is 11.2. The molecule has 1 aromatic carbocycles. The molecule has 2 aromatic rings. The summed E-state index contributed by atoms with van der Waals surface area (Å²) >= 11 is 0. The van der Waals surface area contributed by atoms with Crippen molar-refractivity contribution in [2.24, 2.45) is 5.92 Å². The summed E-state index contributed by atoms with van der Waals surface area (Å²) in [6, 6.07) is 5.59. The van der Waals surface area contributed by atoms with E-state index in [1.54, 1.807) is 0 Å². The zero-order chi connectivity index (χ0) is 13.8. The second-order valence-electron chi connectivity index (χ2n) is 5.21. The highest BCUT2D eigenvalue weighted by Crippen LogP contribution is 2.14. The highest BCUT2D eigenvalue weighted by molar-refractivity contribution is 5.97. The number of aromatic amines is 1. The Morgan fingerprint density at radius 3 is 2.89 bits per heavy atom. The minimum absolute atomic E-state index is 0.0183. The number of benzene rings is 1. The van der Waals surface area contributed by atoms with Crippen molar-refractivity contribution in [3.8, 4) is 0 Å². The first-order valence-electron chi connectivity index (χ1n) is 6.87. The van der Waals surface area contributed by atoms with E-state index in [9.17, 15) is 4.79 Å². The number of carbonyl (C=O) groups is 1. The van der Waals surface area contributed by atoms with Gasteiger partial charge < -0.3 is 10.3 Å². The van der Waals surface area contributed by atoms with Crippen LogP contribution in [0.25, 0.3) is 11.0 Å². The van der Waals surface area contributed by atoms with E-state index in [-0.39, 0.29) is 5.91 Å². The third kappa shape index (κ3) is 3.34. The van der Waals surface area contributed by atoms with E-state index >= 15 is 0 Å². The SMILES string of the molecule is CCc1nc2ccc(C(=O)NCCC(C)C)cc2[nH]1. The number of nitrogens with one attached hydrogen (secondary N) is 2. The average Bonchev–Trinajstić information content (AvgIpc) is 2.79. The molecule has 0 atom stereocenters. The van der Waals surface area contributed by atoms with Gasteiger partial charge in [0.05, 0.1) is 11.0 Å². The predicted molar refractivity (Wildman–Crippen MR) is 77.3 cm³/mol. The molecule has 0 aliphatic heterocycles. The zero-order valence-electron chi connectivity index (χ0n) is 11.8. The first-order valence-corrected chi connectivity index (χ1v) is 6.87. The molecule has 4 heteroatoms. The van der Waals surface area contributed by atoms with Crippen LogP contribution in [0.5, 0.6) is 0 Å². The maximum Gasteiger partial charge on any atom is 0.251 e. The Kier molecular flexibility index (Phi) is 4.20. The summed E-state index contributed by atoms with van der Waals surface area (Å²) in [6.45, 7) is 7.07. The molecule has 102 valence electrons. The third-order valence-electron chi connectivity index (χ3n) is 3.14. The molecule has 0 saturated carbocycles. The van der Waals surface area contributed by atoms with Crippen molar-refractivity contribution in [2.75, 3.05) is 6.54 Å². The van der Waals surface area contributed by atoms with E-state index in [1.807, 2.05) is 18.2 Å². The molecule has 0 aliphatic carbocycles. The van der Waals surface area contributed by atoms with E-state index in [2.05, 4.69) is 36.1 Å². The van der Waals surface area contributed by atoms with Gasteiger partial charge in [-0.05, 0) is 30.5 Å². The van der Waals surface area contributed by atoms with Crippen LogP contribution in [-0.4, -0.2) is 22.4 Å². The van der Waals surface area contributed by atoms with Gasteiger partial charge in [0.15, 0.2) is 0 Å². The average molecular weight is 259 g/mol. The Labute approximate surface area is 113 Å². The van der Waals surface area contributed by atoms with Crippen LogP contribution in [-0.2, 0) is 6.42 Å². The first kappa shape index (κ1) is 13.6. The van der Waals surface area contributed by atoms with Crippen molar-refractivity contribution < 1.29 is 4.79 Å². The van der Waals surface area contributed by atoms with Crippen molar-refractivity contribution in [2.45, 2.75) is 33.6 Å². The third-order valence-corrected chi connectivity index (χ3v) is 3.14. The van der Waals surface area contributed by atoms with Crippen LogP contribution < -0.4 is 5.32 Å². The molecule has 1 amide bonds. The minimum atomic E-state index is -0.0183. The van der Waals surface area contributed by atoms with Gasteiger partial charge in [-0.1, -0.05) is 20.8 Å². The number of nitrogens with zero attached hydrogens (tertiary/aromatic N) is 1. The molecule has 2 rings (SSSR count). The fraction of sp³-hybridized carbons (Fsp3) is 0.467. The summed E-state index contributed by atoms with van der Waals surface area (Å²) in [5.74, 6) is 1.53. The second-order valence-corrected chi connectivity index (χ2v) is 5.21. The molecule has 0 bridgehead atoms. The Morgan fingerprint density at radius 1 is 1.42 bits per heavy atom. The molecule has 0 saturated heterocycles. The quantitative estimate of drug-likeness (QED) is 0.867. The van der Waals surface area contributed by atoms with E-state index in [4.69, 9.17) is 0 Å². The van der Waals surface area contributed by atoms with Crippen molar-refractivity contribution >= 4 is 16.9 Å². The van der Waals surface area contributed by atoms with Gasteiger partial charge in [0, 0.05) is 18.5 Å². The minimum Gasteiger partial charge on any atom is -0.352 e. The molecule has 0 unspecified atom stereocenters. The van der Waals surface area contributed by atoms with Crippen molar-refractivity contribution in [3.05, 3.63) is 29.6 Å². The number of hydrogen-bond acceptors (Lipinski definition) is 2. The van der Waals surface area contributed by atoms with Gasteiger partial charge in [-0.25, -0.2) is 4.98 Å². The summed E-state index contributed by atoms with van der Waals surface area (Å²) < 4.78 is 0. The maximum absolute atomic E-state index is 12.0. The molecule has 0 aliphatic rings. The molecule has 4 nitrogen and oxygen atoms in total. The number of rotatable bonds is 5. The van der Waals surface area contributed by atoms with E-state index in [0.717, 1.165) is 36.2 Å². The van der Waals surface area contributed by atoms with Crippen LogP contribution in [0.2, 0.25) is 0 Å². The molecule has 19 heavy (non-hydrogen) atoms. The molecular weight excluding hydrogens is 238 g/mol. The standard InChI is InChI=1S/C15H21N3O/c1-4-14-17-12-6-5-11(9-13(12)18-14)15(19)16-8-7-10(2)3/h5-6,9-10H,4,7-8H2,1-3H3,(H,16,19)(H,17,18). The summed E-state index contributed by atoms with van der Waals surface area (Å²) in [7, 11) is 0. The molecule has 0 fully saturated rings. The van der Waals surface area contributed by atoms with Gasteiger partial charge in [0.2, 0.25) is 0 Å². The van der Waals surface area contributed by atoms with Crippen molar-refractivity contribution in [1.29, 1.82) is 0 Å². The lowest BCUT2D eigenvalue weighted by Crippen LogP contribution is -2.25. The highest BCUT2D eigenvalue weighted by Gasteiger charge is 2.08. The van der Waals surface area contributed by atoms with Gasteiger partial charge in [-0.2, -0.15) is 0 Å². The number of aryl methyl sites for hydroxylation is 1. The maximum atomic E-state index is 12.0. The lowest BCUT2D eigenvalue weighted by Gasteiger charge is -2.07. The fourth-order valence-electron chi connectivity index (χ4n) is 1.95. The number of amides is 1. The molecule has 0 spiro atoms. The molecule has 1 aromatic heterocycles. The summed E-state index contributed by atoms with van der Waals surface area (Å²) in [5.41, 5.74) is 2.52. The number of carbonyl (C=O) groups excluding carboxylic acids is 1. The highest BCUT2D eigenvalue weighted by atomic mass is 16.1. The Bertz CT molecular complexity index is 572. The summed E-state index contributed by atoms with van der Waals surface area (Å²) in [6.07, 6.45) is 1.86. The Hall–Kier alpha value is -1.84. The number of hydrogen-bond donors (Lipinski definition) is 2. The Morgan fingerprint density at radius 2 is 2.21 bits per heavy atom. The van der Waals surface area contributed by atoms with Crippen molar-refractivity contribution in [3.63, 3.8) is 0 Å². The predicted octanol–water partition coefficient (Wildman–Crippen LogP) is 2.90. The topological polar surface area (TPSA) is 57.8 Å². The number of aromatic nitrogens is 2. The van der Waals surface area contributed by atoms with Gasteiger partial charge in [-0.15, -0.1) is 0 Å². The fourth-order valence-corrected chi connectivity index (χ4v) is 1.95. The summed E-state index contributed by atoms with van der Waals surface area (Å²) in [5, 5.41) is 2.94. The van der Waals surface area contributed by atoms with Gasteiger partial charge in [0.1, 0.15) is 5.82 Å². The van der Waals surface area contributed by atoms with E-state index < -0.39 is 0 Å². The first-order chi connectivity index (χ1) is 9.10. The molecule has 0 radical (unpaired) electrons. The largest absolute Gasteiger partial charge is 0.352 e. The lowest BCUT2D eigenvalue weighted by molar-refractivity contribution is 0.0952. The molecule has 1 heterocycles. The van der Waals surface area contributed by atoms with Crippen LogP contribution in [0.1, 0.15) is 43.4 Å². The number of imidazole rings is 1. The van der Waals surface area contributed by atoms with Crippen LogP contribution in [0, 0.1) is 5.92 Å². The van der Waals surface area contributed by atoms with Crippen LogP contribution >= 0.6 is 0 Å². The Balaban J connectivity index is 2.09. The summed E-state index contributed by atoms with van der Waals surface area (Å²) in [4.78, 5) is 19.7.